The average Bonchev–Trinajstić information content (AvgIpc) is 3.14. The van der Waals surface area contributed by atoms with Crippen molar-refractivity contribution in [1.82, 2.24) is 20.0 Å². The molecule has 0 radical (unpaired) electrons. The highest BCUT2D eigenvalue weighted by Crippen LogP contribution is 2.23. The van der Waals surface area contributed by atoms with Crippen LogP contribution >= 0.6 is 11.3 Å². The fourth-order valence-electron chi connectivity index (χ4n) is 3.12. The van der Waals surface area contributed by atoms with Crippen molar-refractivity contribution in [2.45, 2.75) is 19.3 Å². The summed E-state index contributed by atoms with van der Waals surface area (Å²) < 4.78 is 5.16. The largest absolute Gasteiger partial charge is 0.497 e. The van der Waals surface area contributed by atoms with Crippen molar-refractivity contribution in [1.29, 1.82) is 0 Å². The van der Waals surface area contributed by atoms with E-state index in [2.05, 4.69) is 15.5 Å². The highest BCUT2D eigenvalue weighted by atomic mass is 32.1. The van der Waals surface area contributed by atoms with Gasteiger partial charge in [-0.2, -0.15) is 0 Å². The molecule has 0 bridgehead atoms. The minimum atomic E-state index is -0.111. The number of rotatable bonds is 5. The maximum absolute atomic E-state index is 12.5. The summed E-state index contributed by atoms with van der Waals surface area (Å²) in [6.45, 7) is 1.18. The number of ether oxygens (including phenoxy) is 1. The summed E-state index contributed by atoms with van der Waals surface area (Å²) in [5.41, 5.74) is 1.10. The molecule has 8 nitrogen and oxygen atoms in total. The van der Waals surface area contributed by atoms with E-state index in [0.717, 1.165) is 16.3 Å². The molecule has 1 aliphatic heterocycles. The zero-order valence-electron chi connectivity index (χ0n) is 16.3. The van der Waals surface area contributed by atoms with Gasteiger partial charge < -0.3 is 19.9 Å². The Morgan fingerprint density at radius 3 is 2.50 bits per heavy atom. The zero-order chi connectivity index (χ0) is 20.1. The van der Waals surface area contributed by atoms with Crippen molar-refractivity contribution in [3.05, 3.63) is 34.8 Å². The highest BCUT2D eigenvalue weighted by molar-refractivity contribution is 7.15. The number of anilines is 1. The lowest BCUT2D eigenvalue weighted by molar-refractivity contribution is -0.121. The van der Waals surface area contributed by atoms with Crippen molar-refractivity contribution in [2.24, 2.45) is 5.92 Å². The number of carbonyl (C=O) groups excluding carboxylic acids is 2. The number of urea groups is 1. The second kappa shape index (κ2) is 9.01. The van der Waals surface area contributed by atoms with Gasteiger partial charge in [0.15, 0.2) is 0 Å². The summed E-state index contributed by atoms with van der Waals surface area (Å²) in [6.07, 6.45) is 1.97. The van der Waals surface area contributed by atoms with Crippen molar-refractivity contribution in [2.75, 3.05) is 39.6 Å². The molecule has 1 fully saturated rings. The van der Waals surface area contributed by atoms with E-state index >= 15 is 0 Å². The fraction of sp³-hybridized carbons (Fsp3) is 0.474. The third-order valence-electron chi connectivity index (χ3n) is 4.73. The monoisotopic (exact) mass is 403 g/mol. The summed E-state index contributed by atoms with van der Waals surface area (Å²) in [4.78, 5) is 27.8. The first kappa shape index (κ1) is 20.1. The minimum Gasteiger partial charge on any atom is -0.497 e. The van der Waals surface area contributed by atoms with Crippen LogP contribution in [0.5, 0.6) is 5.75 Å². The quantitative estimate of drug-likeness (QED) is 0.829. The molecule has 3 amide bonds. The van der Waals surface area contributed by atoms with Gasteiger partial charge in [-0.1, -0.05) is 23.5 Å². The van der Waals surface area contributed by atoms with E-state index in [4.69, 9.17) is 4.74 Å². The molecule has 0 atom stereocenters. The van der Waals surface area contributed by atoms with Gasteiger partial charge in [-0.3, -0.25) is 4.79 Å². The van der Waals surface area contributed by atoms with Gasteiger partial charge in [0.1, 0.15) is 10.8 Å². The Labute approximate surface area is 168 Å². The summed E-state index contributed by atoms with van der Waals surface area (Å²) in [5.74, 6) is 0.650. The molecule has 0 spiro atoms. The lowest BCUT2D eigenvalue weighted by atomic mass is 9.96. The minimum absolute atomic E-state index is 0.00819. The third kappa shape index (κ3) is 4.98. The van der Waals surface area contributed by atoms with Crippen LogP contribution in [0.25, 0.3) is 0 Å². The first-order valence-corrected chi connectivity index (χ1v) is 10.0. The molecule has 1 N–H and O–H groups in total. The number of benzene rings is 1. The normalized spacial score (nSPS) is 14.6. The SMILES string of the molecule is COc1ccc(Cc2nnc(NC(=O)C3CCN(C(=O)N(C)C)CC3)s2)cc1. The van der Waals surface area contributed by atoms with E-state index in [1.54, 1.807) is 31.0 Å². The van der Waals surface area contributed by atoms with E-state index in [1.165, 1.54) is 11.3 Å². The standard InChI is InChI=1S/C19H25N5O3S/c1-23(2)19(26)24-10-8-14(9-11-24)17(25)20-18-22-21-16(28-18)12-13-4-6-15(27-3)7-5-13/h4-7,14H,8-12H2,1-3H3,(H,20,22,25). The summed E-state index contributed by atoms with van der Waals surface area (Å²) in [7, 11) is 5.11. The number of hydrogen-bond donors (Lipinski definition) is 1. The van der Waals surface area contributed by atoms with Crippen LogP contribution in [-0.2, 0) is 11.2 Å². The highest BCUT2D eigenvalue weighted by Gasteiger charge is 2.28. The molecule has 1 aliphatic rings. The molecule has 9 heteroatoms. The predicted molar refractivity (Wildman–Crippen MR) is 108 cm³/mol. The smallest absolute Gasteiger partial charge is 0.319 e. The van der Waals surface area contributed by atoms with Crippen molar-refractivity contribution in [3.8, 4) is 5.75 Å². The van der Waals surface area contributed by atoms with Crippen LogP contribution in [0.1, 0.15) is 23.4 Å². The lowest BCUT2D eigenvalue weighted by Crippen LogP contribution is -2.45. The number of amides is 3. The van der Waals surface area contributed by atoms with Gasteiger partial charge in [0.25, 0.3) is 0 Å². The molecule has 150 valence electrons. The maximum atomic E-state index is 12.5. The molecular formula is C19H25N5O3S. The van der Waals surface area contributed by atoms with Crippen molar-refractivity contribution in [3.63, 3.8) is 0 Å². The van der Waals surface area contributed by atoms with Crippen molar-refractivity contribution < 1.29 is 14.3 Å². The Kier molecular flexibility index (Phi) is 6.45. The predicted octanol–water partition coefficient (Wildman–Crippen LogP) is 2.47. The number of likely N-dealkylation sites (tertiary alicyclic amines) is 1. The first-order chi connectivity index (χ1) is 13.5. The molecule has 0 unspecified atom stereocenters. The van der Waals surface area contributed by atoms with Crippen LogP contribution in [-0.4, -0.2) is 66.2 Å². The molecule has 2 heterocycles. The molecule has 0 aliphatic carbocycles. The number of hydrogen-bond acceptors (Lipinski definition) is 6. The number of nitrogens with one attached hydrogen (secondary N) is 1. The third-order valence-corrected chi connectivity index (χ3v) is 5.57. The topological polar surface area (TPSA) is 87.7 Å². The average molecular weight is 404 g/mol. The van der Waals surface area contributed by atoms with Gasteiger partial charge in [-0.25, -0.2) is 4.79 Å². The lowest BCUT2D eigenvalue weighted by Gasteiger charge is -2.32. The van der Waals surface area contributed by atoms with Crippen LogP contribution in [0, 0.1) is 5.92 Å². The van der Waals surface area contributed by atoms with E-state index in [1.807, 2.05) is 24.3 Å². The molecule has 2 aromatic rings. The van der Waals surface area contributed by atoms with E-state index in [-0.39, 0.29) is 17.9 Å². The molecule has 1 saturated heterocycles. The molecular weight excluding hydrogens is 378 g/mol. The second-order valence-corrected chi connectivity index (χ2v) is 8.02. The van der Waals surface area contributed by atoms with Crippen LogP contribution in [0.3, 0.4) is 0 Å². The molecule has 0 saturated carbocycles. The molecule has 1 aromatic heterocycles. The van der Waals surface area contributed by atoms with Gasteiger partial charge >= 0.3 is 6.03 Å². The van der Waals surface area contributed by atoms with Gasteiger partial charge in [-0.15, -0.1) is 10.2 Å². The van der Waals surface area contributed by atoms with Gasteiger partial charge in [-0.05, 0) is 30.5 Å². The Morgan fingerprint density at radius 1 is 1.21 bits per heavy atom. The summed E-state index contributed by atoms with van der Waals surface area (Å²) in [6, 6.07) is 7.78. The van der Waals surface area contributed by atoms with Gasteiger partial charge in [0, 0.05) is 39.5 Å². The van der Waals surface area contributed by atoms with Gasteiger partial charge in [0.05, 0.1) is 7.11 Å². The fourth-order valence-corrected chi connectivity index (χ4v) is 3.89. The van der Waals surface area contributed by atoms with Crippen LogP contribution in [0.15, 0.2) is 24.3 Å². The molecule has 28 heavy (non-hydrogen) atoms. The summed E-state index contributed by atoms with van der Waals surface area (Å²) in [5, 5.41) is 12.5. The molecule has 1 aromatic carbocycles. The summed E-state index contributed by atoms with van der Waals surface area (Å²) >= 11 is 1.38. The van der Waals surface area contributed by atoms with E-state index in [9.17, 15) is 9.59 Å². The first-order valence-electron chi connectivity index (χ1n) is 9.18. The van der Waals surface area contributed by atoms with Crippen LogP contribution in [0.2, 0.25) is 0 Å². The van der Waals surface area contributed by atoms with E-state index in [0.29, 0.717) is 37.5 Å². The number of piperidine rings is 1. The van der Waals surface area contributed by atoms with Gasteiger partial charge in [0.2, 0.25) is 11.0 Å². The number of nitrogens with zero attached hydrogens (tertiary/aromatic N) is 4. The maximum Gasteiger partial charge on any atom is 0.319 e. The van der Waals surface area contributed by atoms with E-state index < -0.39 is 0 Å². The number of carbonyl (C=O) groups is 2. The Bertz CT molecular complexity index is 813. The zero-order valence-corrected chi connectivity index (χ0v) is 17.2. The van der Waals surface area contributed by atoms with Crippen molar-refractivity contribution >= 4 is 28.4 Å². The van der Waals surface area contributed by atoms with Crippen LogP contribution in [0.4, 0.5) is 9.93 Å². The molecule has 3 rings (SSSR count). The Hall–Kier alpha value is -2.68. The second-order valence-electron chi connectivity index (χ2n) is 6.95. The Balaban J connectivity index is 1.50. The van der Waals surface area contributed by atoms with Crippen LogP contribution < -0.4 is 10.1 Å². The Morgan fingerprint density at radius 2 is 1.89 bits per heavy atom. The number of methoxy groups -OCH3 is 1. The number of aromatic nitrogens is 2.